The van der Waals surface area contributed by atoms with Gasteiger partial charge in [-0.1, -0.05) is 6.07 Å². The number of nitrogens with zero attached hydrogens (tertiary/aromatic N) is 1. The summed E-state index contributed by atoms with van der Waals surface area (Å²) in [4.78, 5) is 0. The largest absolute Gasteiger partial charge is 0.508 e. The molecular weight excluding hydrogens is 202 g/mol. The summed E-state index contributed by atoms with van der Waals surface area (Å²) in [6.07, 6.45) is 1.72. The van der Waals surface area contributed by atoms with Crippen molar-refractivity contribution >= 4 is 5.69 Å². The highest BCUT2D eigenvalue weighted by atomic mass is 16.3. The topological polar surface area (TPSA) is 60.9 Å². The van der Waals surface area contributed by atoms with Gasteiger partial charge in [-0.2, -0.15) is 5.10 Å². The Morgan fingerprint density at radius 1 is 1.38 bits per heavy atom. The minimum absolute atomic E-state index is 0.129. The Morgan fingerprint density at radius 2 is 2.19 bits per heavy atom. The van der Waals surface area contributed by atoms with Gasteiger partial charge in [0.25, 0.3) is 0 Å². The summed E-state index contributed by atoms with van der Waals surface area (Å²) in [7, 11) is 0. The first-order chi connectivity index (χ1) is 7.66. The van der Waals surface area contributed by atoms with Gasteiger partial charge in [-0.05, 0) is 31.5 Å². The van der Waals surface area contributed by atoms with Gasteiger partial charge in [-0.15, -0.1) is 0 Å². The van der Waals surface area contributed by atoms with Crippen molar-refractivity contribution in [3.05, 3.63) is 41.7 Å². The Hall–Kier alpha value is -1.97. The van der Waals surface area contributed by atoms with Gasteiger partial charge >= 0.3 is 0 Å². The van der Waals surface area contributed by atoms with Gasteiger partial charge in [0.1, 0.15) is 5.75 Å². The number of phenolic OH excluding ortho intramolecular Hbond substituents is 1. The number of phenols is 1. The zero-order chi connectivity index (χ0) is 11.5. The van der Waals surface area contributed by atoms with Crippen molar-refractivity contribution < 1.29 is 5.11 Å². The molecular formula is C12H15N3O. The van der Waals surface area contributed by atoms with Gasteiger partial charge in [-0.25, -0.2) is 0 Å². The van der Waals surface area contributed by atoms with Gasteiger partial charge in [0, 0.05) is 18.0 Å². The molecule has 3 N–H and O–H groups in total. The monoisotopic (exact) mass is 217 g/mol. The number of aromatic hydroxyl groups is 1. The zero-order valence-electron chi connectivity index (χ0n) is 9.36. The molecule has 1 aromatic carbocycles. The van der Waals surface area contributed by atoms with E-state index in [1.165, 1.54) is 0 Å². The summed E-state index contributed by atoms with van der Waals surface area (Å²) in [5.41, 5.74) is 2.78. The lowest BCUT2D eigenvalue weighted by atomic mass is 10.2. The van der Waals surface area contributed by atoms with Gasteiger partial charge < -0.3 is 10.4 Å². The minimum Gasteiger partial charge on any atom is -0.508 e. The molecule has 0 saturated carbocycles. The van der Waals surface area contributed by atoms with Crippen molar-refractivity contribution in [3.8, 4) is 5.75 Å². The van der Waals surface area contributed by atoms with Crippen molar-refractivity contribution in [1.82, 2.24) is 10.2 Å². The third kappa shape index (κ3) is 2.16. The van der Waals surface area contributed by atoms with Crippen LogP contribution in [0.1, 0.15) is 24.2 Å². The molecule has 0 aliphatic heterocycles. The lowest BCUT2D eigenvalue weighted by molar-refractivity contribution is 0.471. The van der Waals surface area contributed by atoms with Gasteiger partial charge in [0.15, 0.2) is 0 Å². The zero-order valence-corrected chi connectivity index (χ0v) is 9.36. The Bertz CT molecular complexity index is 465. The predicted molar refractivity (Wildman–Crippen MR) is 63.5 cm³/mol. The smallest absolute Gasteiger partial charge is 0.120 e. The summed E-state index contributed by atoms with van der Waals surface area (Å²) in [5, 5.41) is 19.7. The molecule has 0 aliphatic rings. The number of aryl methyl sites for hydroxylation is 1. The molecule has 16 heavy (non-hydrogen) atoms. The van der Waals surface area contributed by atoms with Crippen molar-refractivity contribution in [2.24, 2.45) is 0 Å². The fourth-order valence-electron chi connectivity index (χ4n) is 1.53. The third-order valence-corrected chi connectivity index (χ3v) is 2.58. The first-order valence-electron chi connectivity index (χ1n) is 5.22. The lowest BCUT2D eigenvalue weighted by Gasteiger charge is -2.14. The van der Waals surface area contributed by atoms with Crippen molar-refractivity contribution in [2.75, 3.05) is 5.32 Å². The van der Waals surface area contributed by atoms with E-state index in [9.17, 15) is 5.11 Å². The SMILES string of the molecule is Cc1ccc(NC(C)c2ccn[nH]2)cc1O. The molecule has 1 unspecified atom stereocenters. The number of hydrogen-bond donors (Lipinski definition) is 3. The van der Waals surface area contributed by atoms with Crippen LogP contribution in [-0.2, 0) is 0 Å². The Kier molecular flexibility index (Phi) is 2.81. The number of aromatic nitrogens is 2. The second-order valence-corrected chi connectivity index (χ2v) is 3.88. The number of hydrogen-bond acceptors (Lipinski definition) is 3. The van der Waals surface area contributed by atoms with Crippen molar-refractivity contribution in [2.45, 2.75) is 19.9 Å². The molecule has 0 radical (unpaired) electrons. The lowest BCUT2D eigenvalue weighted by Crippen LogP contribution is -2.06. The number of anilines is 1. The molecule has 0 spiro atoms. The molecule has 0 saturated heterocycles. The number of aromatic amines is 1. The van der Waals surface area contributed by atoms with Crippen molar-refractivity contribution in [1.29, 1.82) is 0 Å². The summed E-state index contributed by atoms with van der Waals surface area (Å²) >= 11 is 0. The van der Waals surface area contributed by atoms with E-state index in [1.54, 1.807) is 12.3 Å². The molecule has 4 heteroatoms. The number of nitrogens with one attached hydrogen (secondary N) is 2. The molecule has 0 aliphatic carbocycles. The Labute approximate surface area is 94.3 Å². The van der Waals surface area contributed by atoms with Gasteiger partial charge in [0.05, 0.1) is 11.7 Å². The van der Waals surface area contributed by atoms with E-state index in [-0.39, 0.29) is 6.04 Å². The molecule has 0 bridgehead atoms. The van der Waals surface area contributed by atoms with Crippen LogP contribution < -0.4 is 5.32 Å². The van der Waals surface area contributed by atoms with Crippen LogP contribution in [0.2, 0.25) is 0 Å². The normalized spacial score (nSPS) is 12.4. The first-order valence-corrected chi connectivity index (χ1v) is 5.22. The average Bonchev–Trinajstić information content (AvgIpc) is 2.77. The molecule has 2 aromatic rings. The Balaban J connectivity index is 2.12. The van der Waals surface area contributed by atoms with Crippen LogP contribution in [0.15, 0.2) is 30.5 Å². The first kappa shape index (κ1) is 10.5. The molecule has 4 nitrogen and oxygen atoms in total. The fraction of sp³-hybridized carbons (Fsp3) is 0.250. The molecule has 1 heterocycles. The summed E-state index contributed by atoms with van der Waals surface area (Å²) in [5.74, 6) is 0.307. The van der Waals surface area contributed by atoms with E-state index in [1.807, 2.05) is 32.0 Å². The summed E-state index contributed by atoms with van der Waals surface area (Å²) < 4.78 is 0. The fourth-order valence-corrected chi connectivity index (χ4v) is 1.53. The highest BCUT2D eigenvalue weighted by Gasteiger charge is 2.06. The summed E-state index contributed by atoms with van der Waals surface area (Å²) in [6.45, 7) is 3.90. The van der Waals surface area contributed by atoms with Crippen molar-refractivity contribution in [3.63, 3.8) is 0 Å². The standard InChI is InChI=1S/C12H15N3O/c1-8-3-4-10(7-12(8)16)14-9(2)11-5-6-13-15-11/h3-7,9,14,16H,1-2H3,(H,13,15). The van der Waals surface area contributed by atoms with Gasteiger partial charge in [0.2, 0.25) is 0 Å². The van der Waals surface area contributed by atoms with E-state index in [0.717, 1.165) is 16.9 Å². The van der Waals surface area contributed by atoms with Crippen LogP contribution in [0.25, 0.3) is 0 Å². The quantitative estimate of drug-likeness (QED) is 0.740. The van der Waals surface area contributed by atoms with Crippen LogP contribution in [0.3, 0.4) is 0 Å². The van der Waals surface area contributed by atoms with E-state index in [4.69, 9.17) is 0 Å². The van der Waals surface area contributed by atoms with Crippen LogP contribution in [0.4, 0.5) is 5.69 Å². The molecule has 84 valence electrons. The number of rotatable bonds is 3. The van der Waals surface area contributed by atoms with Crippen LogP contribution in [-0.4, -0.2) is 15.3 Å². The minimum atomic E-state index is 0.129. The molecule has 0 amide bonds. The van der Waals surface area contributed by atoms with E-state index < -0.39 is 0 Å². The number of benzene rings is 1. The van der Waals surface area contributed by atoms with E-state index >= 15 is 0 Å². The molecule has 0 fully saturated rings. The molecule has 2 rings (SSSR count). The van der Waals surface area contributed by atoms with Crippen LogP contribution >= 0.6 is 0 Å². The summed E-state index contributed by atoms with van der Waals surface area (Å²) in [6, 6.07) is 7.61. The maximum Gasteiger partial charge on any atom is 0.120 e. The Morgan fingerprint density at radius 3 is 2.81 bits per heavy atom. The molecule has 1 atom stereocenters. The van der Waals surface area contributed by atoms with Crippen LogP contribution in [0.5, 0.6) is 5.75 Å². The second kappa shape index (κ2) is 4.26. The molecule has 1 aromatic heterocycles. The second-order valence-electron chi connectivity index (χ2n) is 3.88. The predicted octanol–water partition coefficient (Wildman–Crippen LogP) is 2.60. The maximum atomic E-state index is 9.58. The van der Waals surface area contributed by atoms with E-state index in [2.05, 4.69) is 15.5 Å². The third-order valence-electron chi connectivity index (χ3n) is 2.58. The van der Waals surface area contributed by atoms with Crippen LogP contribution in [0, 0.1) is 6.92 Å². The van der Waals surface area contributed by atoms with Gasteiger partial charge in [-0.3, -0.25) is 5.10 Å². The maximum absolute atomic E-state index is 9.58. The highest BCUT2D eigenvalue weighted by Crippen LogP contribution is 2.23. The number of H-pyrrole nitrogens is 1. The average molecular weight is 217 g/mol. The highest BCUT2D eigenvalue weighted by molar-refractivity contribution is 5.51. The van der Waals surface area contributed by atoms with E-state index in [0.29, 0.717) is 5.75 Å².